The van der Waals surface area contributed by atoms with Crippen LogP contribution in [0.15, 0.2) is 4.34 Å². The zero-order valence-corrected chi connectivity index (χ0v) is 15.4. The maximum atomic E-state index is 12.7. The Morgan fingerprint density at radius 1 is 1.35 bits per heavy atom. The van der Waals surface area contributed by atoms with Crippen LogP contribution < -0.4 is 5.32 Å². The zero-order chi connectivity index (χ0) is 17.1. The van der Waals surface area contributed by atoms with Crippen LogP contribution in [-0.2, 0) is 0 Å². The Balaban J connectivity index is 2.16. The van der Waals surface area contributed by atoms with E-state index < -0.39 is 0 Å². The highest BCUT2D eigenvalue weighted by molar-refractivity contribution is 8.02. The molecule has 2 aromatic heterocycles. The maximum Gasteiger partial charge on any atom is 0.206 e. The van der Waals surface area contributed by atoms with Gasteiger partial charge >= 0.3 is 0 Å². The molecule has 2 N–H and O–H groups in total. The molecule has 0 radical (unpaired) electrons. The first-order chi connectivity index (χ1) is 10.8. The first-order valence-corrected chi connectivity index (χ1v) is 9.03. The molecule has 0 aliphatic carbocycles. The number of nitrogens with zero attached hydrogens (tertiary/aromatic N) is 2. The first kappa shape index (κ1) is 17.7. The number of carbonyl (C=O) groups excluding carboxylic acids is 2. The zero-order valence-electron chi connectivity index (χ0n) is 13.8. The number of thioether (sulfide) groups is 1. The first-order valence-electron chi connectivity index (χ1n) is 7.33. The molecule has 0 aromatic carbocycles. The van der Waals surface area contributed by atoms with Gasteiger partial charge in [-0.1, -0.05) is 23.1 Å². The van der Waals surface area contributed by atoms with E-state index in [1.54, 1.807) is 6.92 Å². The minimum Gasteiger partial charge on any atom is -0.360 e. The van der Waals surface area contributed by atoms with Gasteiger partial charge in [0.2, 0.25) is 5.13 Å². The number of aromatic nitrogens is 3. The second kappa shape index (κ2) is 7.27. The molecule has 0 bridgehead atoms. The predicted molar refractivity (Wildman–Crippen MR) is 94.0 cm³/mol. The van der Waals surface area contributed by atoms with Crippen molar-refractivity contribution in [2.75, 3.05) is 11.9 Å². The molecule has 0 spiro atoms. The highest BCUT2D eigenvalue weighted by Crippen LogP contribution is 2.31. The second-order valence-corrected chi connectivity index (χ2v) is 7.77. The van der Waals surface area contributed by atoms with Gasteiger partial charge in [0.1, 0.15) is 0 Å². The number of ketones is 2. The lowest BCUT2D eigenvalue weighted by molar-refractivity contribution is 0.0988. The molecule has 0 fully saturated rings. The van der Waals surface area contributed by atoms with E-state index in [1.807, 2.05) is 20.8 Å². The van der Waals surface area contributed by atoms with Crippen LogP contribution in [0.4, 0.5) is 5.13 Å². The van der Waals surface area contributed by atoms with Gasteiger partial charge in [0.15, 0.2) is 15.9 Å². The highest BCUT2D eigenvalue weighted by atomic mass is 32.2. The van der Waals surface area contributed by atoms with Gasteiger partial charge in [-0.15, -0.1) is 10.2 Å². The Kier molecular flexibility index (Phi) is 5.59. The van der Waals surface area contributed by atoms with Crippen LogP contribution in [0.2, 0.25) is 0 Å². The van der Waals surface area contributed by atoms with Crippen molar-refractivity contribution in [2.45, 2.75) is 44.2 Å². The smallest absolute Gasteiger partial charge is 0.206 e. The lowest BCUT2D eigenvalue weighted by Crippen LogP contribution is -2.15. The van der Waals surface area contributed by atoms with E-state index in [2.05, 4.69) is 20.5 Å². The summed E-state index contributed by atoms with van der Waals surface area (Å²) in [6, 6.07) is 0. The summed E-state index contributed by atoms with van der Waals surface area (Å²) in [6.45, 7) is 9.74. The van der Waals surface area contributed by atoms with Crippen molar-refractivity contribution in [3.63, 3.8) is 0 Å². The number of hydrogen-bond donors (Lipinski definition) is 2. The largest absolute Gasteiger partial charge is 0.360 e. The summed E-state index contributed by atoms with van der Waals surface area (Å²) >= 11 is 2.80. The molecule has 0 unspecified atom stereocenters. The molecule has 1 atom stereocenters. The fourth-order valence-corrected chi connectivity index (χ4v) is 4.44. The van der Waals surface area contributed by atoms with Gasteiger partial charge in [-0.05, 0) is 40.2 Å². The minimum absolute atomic E-state index is 0.0324. The van der Waals surface area contributed by atoms with Gasteiger partial charge in [0, 0.05) is 17.8 Å². The predicted octanol–water partition coefficient (Wildman–Crippen LogP) is 3.48. The van der Waals surface area contributed by atoms with E-state index in [4.69, 9.17) is 0 Å². The van der Waals surface area contributed by atoms with E-state index in [-0.39, 0.29) is 16.8 Å². The minimum atomic E-state index is -0.311. The lowest BCUT2D eigenvalue weighted by Gasteiger charge is -2.07. The van der Waals surface area contributed by atoms with Crippen molar-refractivity contribution in [2.24, 2.45) is 0 Å². The summed E-state index contributed by atoms with van der Waals surface area (Å²) in [6.07, 6.45) is 0. The van der Waals surface area contributed by atoms with Crippen LogP contribution in [0.3, 0.4) is 0 Å². The summed E-state index contributed by atoms with van der Waals surface area (Å²) in [5.74, 6) is -0.0710. The number of aromatic amines is 1. The van der Waals surface area contributed by atoms with E-state index in [9.17, 15) is 9.59 Å². The number of H-pyrrole nitrogens is 1. The molecule has 2 aromatic rings. The van der Waals surface area contributed by atoms with Gasteiger partial charge in [0.05, 0.1) is 10.9 Å². The van der Waals surface area contributed by atoms with Gasteiger partial charge in [-0.3, -0.25) is 9.59 Å². The van der Waals surface area contributed by atoms with E-state index in [1.165, 1.54) is 30.0 Å². The van der Waals surface area contributed by atoms with Crippen LogP contribution in [0, 0.1) is 13.8 Å². The molecule has 2 heterocycles. The number of rotatable bonds is 7. The molecule has 23 heavy (non-hydrogen) atoms. The van der Waals surface area contributed by atoms with Crippen molar-refractivity contribution in [3.8, 4) is 0 Å². The summed E-state index contributed by atoms with van der Waals surface area (Å²) in [7, 11) is 0. The van der Waals surface area contributed by atoms with E-state index >= 15 is 0 Å². The summed E-state index contributed by atoms with van der Waals surface area (Å²) < 4.78 is 0.745. The number of hydrogen-bond acceptors (Lipinski definition) is 7. The molecule has 8 heteroatoms. The van der Waals surface area contributed by atoms with Crippen LogP contribution in [-0.4, -0.2) is 38.5 Å². The Morgan fingerprint density at radius 2 is 2.04 bits per heavy atom. The number of aryl methyl sites for hydroxylation is 1. The van der Waals surface area contributed by atoms with Crippen molar-refractivity contribution in [1.82, 2.24) is 15.2 Å². The SMILES string of the molecule is CCNc1nnc(S[C@H](C)C(=O)c2[nH]c(C)c(C(C)=O)c2C)s1. The van der Waals surface area contributed by atoms with Crippen molar-refractivity contribution in [3.05, 3.63) is 22.5 Å². The van der Waals surface area contributed by atoms with Gasteiger partial charge in [-0.25, -0.2) is 0 Å². The van der Waals surface area contributed by atoms with Gasteiger partial charge < -0.3 is 10.3 Å². The van der Waals surface area contributed by atoms with Crippen LogP contribution in [0.5, 0.6) is 0 Å². The molecule has 0 aliphatic heterocycles. The lowest BCUT2D eigenvalue weighted by atomic mass is 10.0. The van der Waals surface area contributed by atoms with Crippen LogP contribution in [0.25, 0.3) is 0 Å². The summed E-state index contributed by atoms with van der Waals surface area (Å²) in [5, 5.41) is 11.6. The quantitative estimate of drug-likeness (QED) is 0.586. The van der Waals surface area contributed by atoms with Crippen molar-refractivity contribution < 1.29 is 9.59 Å². The monoisotopic (exact) mass is 352 g/mol. The van der Waals surface area contributed by atoms with E-state index in [0.29, 0.717) is 11.3 Å². The van der Waals surface area contributed by atoms with Crippen LogP contribution >= 0.6 is 23.1 Å². The standard InChI is InChI=1S/C15H20N4O2S2/c1-6-16-14-18-19-15(23-14)22-10(5)13(21)12-7(2)11(9(4)20)8(3)17-12/h10,17H,6H2,1-5H3,(H,16,18)/t10-/m1/s1. The molecule has 2 rings (SSSR count). The molecular weight excluding hydrogens is 332 g/mol. The number of anilines is 1. The third-order valence-electron chi connectivity index (χ3n) is 3.42. The third kappa shape index (κ3) is 3.81. The molecule has 0 saturated carbocycles. The average molecular weight is 352 g/mol. The van der Waals surface area contributed by atoms with Gasteiger partial charge in [-0.2, -0.15) is 0 Å². The maximum absolute atomic E-state index is 12.7. The molecule has 0 amide bonds. The van der Waals surface area contributed by atoms with Crippen molar-refractivity contribution in [1.29, 1.82) is 0 Å². The van der Waals surface area contributed by atoms with Gasteiger partial charge in [0.25, 0.3) is 0 Å². The number of nitrogens with one attached hydrogen (secondary N) is 2. The Morgan fingerprint density at radius 3 is 2.61 bits per heavy atom. The average Bonchev–Trinajstić information content (AvgIpc) is 3.02. The van der Waals surface area contributed by atoms with E-state index in [0.717, 1.165) is 27.3 Å². The molecule has 0 saturated heterocycles. The molecule has 6 nitrogen and oxygen atoms in total. The fraction of sp³-hybridized carbons (Fsp3) is 0.467. The third-order valence-corrected chi connectivity index (χ3v) is 5.48. The summed E-state index contributed by atoms with van der Waals surface area (Å²) in [4.78, 5) is 27.4. The molecular formula is C15H20N4O2S2. The highest BCUT2D eigenvalue weighted by Gasteiger charge is 2.25. The molecule has 0 aliphatic rings. The molecule has 124 valence electrons. The fourth-order valence-electron chi connectivity index (χ4n) is 2.41. The Bertz CT molecular complexity index is 736. The topological polar surface area (TPSA) is 87.7 Å². The van der Waals surface area contributed by atoms with Crippen LogP contribution in [0.1, 0.15) is 52.9 Å². The van der Waals surface area contributed by atoms with Crippen molar-refractivity contribution >= 4 is 39.8 Å². The number of Topliss-reactive ketones (excluding diaryl/α,β-unsaturated/α-hetero) is 2. The Hall–Kier alpha value is -1.67. The Labute approximate surface area is 143 Å². The second-order valence-electron chi connectivity index (χ2n) is 5.21. The number of carbonyl (C=O) groups is 2. The normalized spacial score (nSPS) is 12.2. The summed E-state index contributed by atoms with van der Waals surface area (Å²) in [5.41, 5.74) is 2.57.